The molecule has 2 spiro atoms. The van der Waals surface area contributed by atoms with Crippen LogP contribution >= 0.6 is 22.6 Å². The number of allylic oxidation sites excluding steroid dienone is 1. The first-order valence-corrected chi connectivity index (χ1v) is 16.3. The molecule has 10 atom stereocenters. The zero-order valence-corrected chi connectivity index (χ0v) is 26.0. The van der Waals surface area contributed by atoms with Crippen LogP contribution in [0.15, 0.2) is 30.4 Å². The highest BCUT2D eigenvalue weighted by Gasteiger charge is 2.79. The zero-order valence-electron chi connectivity index (χ0n) is 23.9. The average molecular weight is 677 g/mol. The Morgan fingerprint density at radius 2 is 1.95 bits per heavy atom. The van der Waals surface area contributed by atoms with Crippen LogP contribution in [0.1, 0.15) is 64.4 Å². The lowest BCUT2D eigenvalue weighted by Crippen LogP contribution is -2.59. The van der Waals surface area contributed by atoms with E-state index in [9.17, 15) is 24.9 Å². The number of ether oxygens (including phenoxy) is 1. The van der Waals surface area contributed by atoms with Crippen molar-refractivity contribution in [3.8, 4) is 0 Å². The summed E-state index contributed by atoms with van der Waals surface area (Å²) in [5.41, 5.74) is -0.493. The molecule has 4 N–H and O–H groups in total. The van der Waals surface area contributed by atoms with E-state index in [0.717, 1.165) is 52.5 Å². The van der Waals surface area contributed by atoms with Crippen molar-refractivity contribution in [2.45, 2.75) is 82.6 Å². The lowest BCUT2D eigenvalue weighted by atomic mass is 9.44. The molecule has 5 fully saturated rings. The molecule has 7 rings (SSSR count). The number of aliphatic hydroxyl groups excluding tert-OH is 3. The maximum Gasteiger partial charge on any atom is 0.316 e. The van der Waals surface area contributed by atoms with Crippen molar-refractivity contribution in [3.63, 3.8) is 0 Å². The molecule has 8 nitrogen and oxygen atoms in total. The second-order valence-electron chi connectivity index (χ2n) is 14.1. The SMILES string of the molecule is C=C1CC[C@@H]2[C@](C)(CO)[C@H](O)CC[C@@]2(C)[C@@H]1CC1[C@@]2(C(=O)OC[C@H]2O)C2CCCN2[C@]12C(=O)Nc1c(I)cccc12. The van der Waals surface area contributed by atoms with E-state index in [1.165, 1.54) is 0 Å². The summed E-state index contributed by atoms with van der Waals surface area (Å²) in [5.74, 6) is -1.05. The molecule has 1 aromatic carbocycles. The Bertz CT molecular complexity index is 1340. The fourth-order valence-electron chi connectivity index (χ4n) is 10.9. The van der Waals surface area contributed by atoms with Crippen molar-refractivity contribution in [3.05, 3.63) is 39.5 Å². The lowest BCUT2D eigenvalue weighted by molar-refractivity contribution is -0.161. The quantitative estimate of drug-likeness (QED) is 0.220. The molecule has 6 aliphatic rings. The van der Waals surface area contributed by atoms with Crippen molar-refractivity contribution in [2.24, 2.45) is 34.0 Å². The Balaban J connectivity index is 1.43. The molecule has 4 aliphatic heterocycles. The Morgan fingerprint density at radius 1 is 1.17 bits per heavy atom. The molecule has 0 aromatic heterocycles. The van der Waals surface area contributed by atoms with Crippen molar-refractivity contribution in [1.29, 1.82) is 0 Å². The number of para-hydroxylation sites is 1. The van der Waals surface area contributed by atoms with E-state index >= 15 is 0 Å². The molecule has 4 heterocycles. The predicted octanol–water partition coefficient (Wildman–Crippen LogP) is 3.57. The highest BCUT2D eigenvalue weighted by atomic mass is 127. The van der Waals surface area contributed by atoms with E-state index < -0.39 is 40.5 Å². The number of carbonyl (C=O) groups excluding carboxylic acids is 2. The van der Waals surface area contributed by atoms with Crippen molar-refractivity contribution in [1.82, 2.24) is 4.90 Å². The topological polar surface area (TPSA) is 119 Å². The number of hydrogen-bond acceptors (Lipinski definition) is 7. The molecule has 222 valence electrons. The van der Waals surface area contributed by atoms with Gasteiger partial charge in [-0.2, -0.15) is 0 Å². The number of nitrogens with one attached hydrogen (secondary N) is 1. The van der Waals surface area contributed by atoms with E-state index in [1.54, 1.807) is 0 Å². The maximum atomic E-state index is 14.5. The molecule has 9 heteroatoms. The summed E-state index contributed by atoms with van der Waals surface area (Å²) in [7, 11) is 0. The van der Waals surface area contributed by atoms with Gasteiger partial charge >= 0.3 is 5.97 Å². The Morgan fingerprint density at radius 3 is 2.66 bits per heavy atom. The van der Waals surface area contributed by atoms with Crippen LogP contribution in [0.3, 0.4) is 0 Å². The molecule has 0 radical (unpaired) electrons. The van der Waals surface area contributed by atoms with E-state index in [0.29, 0.717) is 19.4 Å². The minimum absolute atomic E-state index is 0.0541. The van der Waals surface area contributed by atoms with Crippen molar-refractivity contribution < 1.29 is 29.6 Å². The van der Waals surface area contributed by atoms with Gasteiger partial charge in [-0.25, -0.2) is 0 Å². The molecule has 2 unspecified atom stereocenters. The molecular weight excluding hydrogens is 635 g/mol. The molecule has 2 aliphatic carbocycles. The summed E-state index contributed by atoms with van der Waals surface area (Å²) in [5, 5.41) is 36.6. The molecule has 3 saturated heterocycles. The summed E-state index contributed by atoms with van der Waals surface area (Å²) in [4.78, 5) is 30.8. The number of carbonyl (C=O) groups is 2. The summed E-state index contributed by atoms with van der Waals surface area (Å²) < 4.78 is 6.61. The number of rotatable bonds is 3. The standard InChI is InChI=1S/C32H41IN2O6/c1-17-9-10-21-29(2,12-11-24(37)30(21,3)16-36)19(17)14-22-31(25(38)15-41-28(31)40)23-8-5-13-35(23)32(22)18-6-4-7-20(33)26(18)34-27(32)39/h4,6-7,19,21-25,36-38H,1,5,8-16H2,2-3H3,(H,34,39)/t19-,21+,22?,23?,24-,25-,29+,30+,31-,32+/m1/s1. The summed E-state index contributed by atoms with van der Waals surface area (Å²) in [6.45, 7) is 9.34. The molecule has 1 aromatic rings. The van der Waals surface area contributed by atoms with Crippen LogP contribution in [0.5, 0.6) is 0 Å². The third-order valence-electron chi connectivity index (χ3n) is 12.8. The van der Waals surface area contributed by atoms with Gasteiger partial charge in [0.15, 0.2) is 0 Å². The number of cyclic esters (lactones) is 1. The van der Waals surface area contributed by atoms with E-state index in [1.807, 2.05) is 25.1 Å². The summed E-state index contributed by atoms with van der Waals surface area (Å²) in [6, 6.07) is 5.67. The van der Waals surface area contributed by atoms with Gasteiger partial charge in [0.2, 0.25) is 5.91 Å². The van der Waals surface area contributed by atoms with Crippen LogP contribution < -0.4 is 5.32 Å². The third-order valence-corrected chi connectivity index (χ3v) is 13.7. The predicted molar refractivity (Wildman–Crippen MR) is 161 cm³/mol. The highest BCUT2D eigenvalue weighted by molar-refractivity contribution is 14.1. The maximum absolute atomic E-state index is 14.5. The Hall–Kier alpha value is -1.53. The summed E-state index contributed by atoms with van der Waals surface area (Å²) >= 11 is 2.26. The number of aliphatic hydroxyl groups is 3. The van der Waals surface area contributed by atoms with Crippen molar-refractivity contribution in [2.75, 3.05) is 25.1 Å². The van der Waals surface area contributed by atoms with Gasteiger partial charge in [0.1, 0.15) is 23.7 Å². The number of esters is 1. The van der Waals surface area contributed by atoms with Gasteiger partial charge in [0.05, 0.1) is 18.4 Å². The first kappa shape index (κ1) is 28.3. The number of halogens is 1. The van der Waals surface area contributed by atoms with E-state index in [2.05, 4.69) is 46.3 Å². The smallest absolute Gasteiger partial charge is 0.316 e. The van der Waals surface area contributed by atoms with Gasteiger partial charge < -0.3 is 25.4 Å². The van der Waals surface area contributed by atoms with Crippen LogP contribution in [-0.4, -0.2) is 70.1 Å². The van der Waals surface area contributed by atoms with Gasteiger partial charge in [-0.3, -0.25) is 14.5 Å². The number of benzene rings is 1. The second-order valence-corrected chi connectivity index (χ2v) is 15.3. The van der Waals surface area contributed by atoms with E-state index in [4.69, 9.17) is 4.74 Å². The third kappa shape index (κ3) is 3.25. The number of hydrogen-bond donors (Lipinski definition) is 4. The van der Waals surface area contributed by atoms with Crippen molar-refractivity contribution >= 4 is 40.2 Å². The Kier molecular flexibility index (Phi) is 6.36. The second kappa shape index (κ2) is 9.24. The van der Waals surface area contributed by atoms with Crippen LogP contribution in [-0.2, 0) is 19.9 Å². The van der Waals surface area contributed by atoms with Crippen LogP contribution in [0.2, 0.25) is 0 Å². The Labute approximate surface area is 255 Å². The summed E-state index contributed by atoms with van der Waals surface area (Å²) in [6.07, 6.45) is 3.41. The number of fused-ring (bicyclic) bond motifs is 6. The lowest BCUT2D eigenvalue weighted by Gasteiger charge is -2.60. The monoisotopic (exact) mass is 676 g/mol. The highest BCUT2D eigenvalue weighted by Crippen LogP contribution is 2.70. The molecule has 2 saturated carbocycles. The van der Waals surface area contributed by atoms with Gasteiger partial charge in [-0.15, -0.1) is 0 Å². The number of amides is 1. The van der Waals surface area contributed by atoms with Crippen LogP contribution in [0.4, 0.5) is 5.69 Å². The number of nitrogens with zero attached hydrogens (tertiary/aromatic N) is 1. The fourth-order valence-corrected chi connectivity index (χ4v) is 11.6. The molecular formula is C32H41IN2O6. The number of anilines is 1. The normalized spacial score (nSPS) is 47.0. The first-order valence-electron chi connectivity index (χ1n) is 15.2. The van der Waals surface area contributed by atoms with Gasteiger partial charge in [0.25, 0.3) is 0 Å². The fraction of sp³-hybridized carbons (Fsp3) is 0.688. The zero-order chi connectivity index (χ0) is 29.1. The minimum atomic E-state index is -1.23. The average Bonchev–Trinajstić information content (AvgIpc) is 3.67. The van der Waals surface area contributed by atoms with Gasteiger partial charge in [-0.05, 0) is 97.4 Å². The van der Waals surface area contributed by atoms with Gasteiger partial charge in [-0.1, -0.05) is 38.1 Å². The van der Waals surface area contributed by atoms with Gasteiger partial charge in [0, 0.05) is 26.5 Å². The molecule has 1 amide bonds. The minimum Gasteiger partial charge on any atom is -0.462 e. The molecule has 41 heavy (non-hydrogen) atoms. The van der Waals surface area contributed by atoms with E-state index in [-0.39, 0.29) is 42.4 Å². The van der Waals surface area contributed by atoms with Crippen LogP contribution in [0.25, 0.3) is 0 Å². The van der Waals surface area contributed by atoms with Crippen LogP contribution in [0, 0.1) is 37.6 Å². The first-order chi connectivity index (χ1) is 19.5. The molecule has 0 bridgehead atoms. The largest absolute Gasteiger partial charge is 0.462 e.